The SMILES string of the molecule is CCOC(=O)c1c(NC(=O)C2CC2)sc2c1CC[C@@H](C(C)(C)C)C2. The molecular formula is C19H27NO3S. The van der Waals surface area contributed by atoms with Crippen LogP contribution in [-0.4, -0.2) is 18.5 Å². The van der Waals surface area contributed by atoms with Crippen LogP contribution in [0.1, 0.15) is 67.8 Å². The number of esters is 1. The van der Waals surface area contributed by atoms with Gasteiger partial charge < -0.3 is 10.1 Å². The number of anilines is 1. The van der Waals surface area contributed by atoms with Crippen LogP contribution in [0.5, 0.6) is 0 Å². The van der Waals surface area contributed by atoms with Gasteiger partial charge in [0.1, 0.15) is 5.00 Å². The van der Waals surface area contributed by atoms with Gasteiger partial charge in [0, 0.05) is 10.8 Å². The Balaban J connectivity index is 1.91. The highest BCUT2D eigenvalue weighted by Gasteiger charge is 2.36. The van der Waals surface area contributed by atoms with Crippen LogP contribution >= 0.6 is 11.3 Å². The first-order chi connectivity index (χ1) is 11.3. The Morgan fingerprint density at radius 3 is 2.54 bits per heavy atom. The number of ether oxygens (including phenoxy) is 1. The summed E-state index contributed by atoms with van der Waals surface area (Å²) in [5, 5.41) is 3.70. The van der Waals surface area contributed by atoms with E-state index >= 15 is 0 Å². The number of fused-ring (bicyclic) bond motifs is 1. The van der Waals surface area contributed by atoms with E-state index in [2.05, 4.69) is 26.1 Å². The Kier molecular flexibility index (Phi) is 4.73. The summed E-state index contributed by atoms with van der Waals surface area (Å²) in [6, 6.07) is 0. The van der Waals surface area contributed by atoms with Crippen molar-refractivity contribution in [3.8, 4) is 0 Å². The van der Waals surface area contributed by atoms with Crippen LogP contribution in [0.25, 0.3) is 0 Å². The van der Waals surface area contributed by atoms with Gasteiger partial charge in [-0.15, -0.1) is 11.3 Å². The summed E-state index contributed by atoms with van der Waals surface area (Å²) in [6.07, 6.45) is 4.86. The third kappa shape index (κ3) is 3.51. The zero-order valence-electron chi connectivity index (χ0n) is 15.0. The van der Waals surface area contributed by atoms with Crippen LogP contribution in [0.15, 0.2) is 0 Å². The monoisotopic (exact) mass is 349 g/mol. The van der Waals surface area contributed by atoms with Gasteiger partial charge >= 0.3 is 5.97 Å². The second-order valence-electron chi connectivity index (χ2n) is 8.00. The van der Waals surface area contributed by atoms with Gasteiger partial charge in [-0.25, -0.2) is 4.79 Å². The van der Waals surface area contributed by atoms with Crippen molar-refractivity contribution in [3.05, 3.63) is 16.0 Å². The highest BCUT2D eigenvalue weighted by molar-refractivity contribution is 7.17. The molecule has 1 saturated carbocycles. The number of amides is 1. The van der Waals surface area contributed by atoms with Crippen molar-refractivity contribution in [1.82, 2.24) is 0 Å². The van der Waals surface area contributed by atoms with Crippen LogP contribution in [0.3, 0.4) is 0 Å². The number of carbonyl (C=O) groups excluding carboxylic acids is 2. The second-order valence-corrected chi connectivity index (χ2v) is 9.10. The molecule has 1 fully saturated rings. The Bertz CT molecular complexity index is 652. The van der Waals surface area contributed by atoms with Gasteiger partial charge in [-0.3, -0.25) is 4.79 Å². The molecule has 1 aromatic rings. The molecule has 0 aliphatic heterocycles. The van der Waals surface area contributed by atoms with E-state index in [1.807, 2.05) is 6.92 Å². The molecule has 1 aromatic heterocycles. The van der Waals surface area contributed by atoms with Crippen LogP contribution in [-0.2, 0) is 22.4 Å². The fourth-order valence-electron chi connectivity index (χ4n) is 3.39. The van der Waals surface area contributed by atoms with Crippen molar-refractivity contribution >= 4 is 28.2 Å². The minimum absolute atomic E-state index is 0.0477. The normalized spacial score (nSPS) is 20.4. The summed E-state index contributed by atoms with van der Waals surface area (Å²) in [5.74, 6) is 0.481. The third-order valence-corrected chi connectivity index (χ3v) is 6.32. The lowest BCUT2D eigenvalue weighted by molar-refractivity contribution is -0.117. The zero-order chi connectivity index (χ0) is 17.5. The molecule has 0 aromatic carbocycles. The number of hydrogen-bond acceptors (Lipinski definition) is 4. The molecule has 3 rings (SSSR count). The molecule has 24 heavy (non-hydrogen) atoms. The highest BCUT2D eigenvalue weighted by Crippen LogP contribution is 2.45. The van der Waals surface area contributed by atoms with Crippen molar-refractivity contribution < 1.29 is 14.3 Å². The maximum absolute atomic E-state index is 12.5. The van der Waals surface area contributed by atoms with Crippen molar-refractivity contribution in [2.24, 2.45) is 17.3 Å². The average Bonchev–Trinajstić information content (AvgIpc) is 3.28. The molecule has 1 N–H and O–H groups in total. The zero-order valence-corrected chi connectivity index (χ0v) is 15.8. The Morgan fingerprint density at radius 1 is 1.25 bits per heavy atom. The van der Waals surface area contributed by atoms with Crippen LogP contribution < -0.4 is 5.32 Å². The molecule has 0 spiro atoms. The molecular weight excluding hydrogens is 322 g/mol. The molecule has 0 bridgehead atoms. The van der Waals surface area contributed by atoms with Gasteiger partial charge in [0.25, 0.3) is 0 Å². The number of rotatable bonds is 4. The van der Waals surface area contributed by atoms with Gasteiger partial charge in [0.15, 0.2) is 0 Å². The molecule has 1 atom stereocenters. The largest absolute Gasteiger partial charge is 0.462 e. The number of thiophene rings is 1. The van der Waals surface area contributed by atoms with Crippen LogP contribution in [0, 0.1) is 17.3 Å². The number of hydrogen-bond donors (Lipinski definition) is 1. The Hall–Kier alpha value is -1.36. The maximum atomic E-state index is 12.5. The number of nitrogens with one attached hydrogen (secondary N) is 1. The molecule has 5 heteroatoms. The summed E-state index contributed by atoms with van der Waals surface area (Å²) in [6.45, 7) is 8.99. The van der Waals surface area contributed by atoms with Crippen LogP contribution in [0.2, 0.25) is 0 Å². The van der Waals surface area contributed by atoms with Gasteiger partial charge in [-0.1, -0.05) is 20.8 Å². The lowest BCUT2D eigenvalue weighted by atomic mass is 9.72. The predicted octanol–water partition coefficient (Wildman–Crippen LogP) is 4.42. The Morgan fingerprint density at radius 2 is 1.96 bits per heavy atom. The van der Waals surface area contributed by atoms with E-state index in [-0.39, 0.29) is 23.2 Å². The lowest BCUT2D eigenvalue weighted by Crippen LogP contribution is -2.26. The molecule has 1 heterocycles. The quantitative estimate of drug-likeness (QED) is 0.819. The molecule has 0 unspecified atom stereocenters. The van der Waals surface area contributed by atoms with Crippen molar-refractivity contribution in [3.63, 3.8) is 0 Å². The fourth-order valence-corrected chi connectivity index (χ4v) is 4.71. The van der Waals surface area contributed by atoms with E-state index < -0.39 is 0 Å². The lowest BCUT2D eigenvalue weighted by Gasteiger charge is -2.33. The van der Waals surface area contributed by atoms with E-state index in [0.717, 1.165) is 37.7 Å². The predicted molar refractivity (Wildman–Crippen MR) is 96.6 cm³/mol. The molecule has 4 nitrogen and oxygen atoms in total. The van der Waals surface area contributed by atoms with Crippen molar-refractivity contribution in [2.75, 3.05) is 11.9 Å². The molecule has 132 valence electrons. The summed E-state index contributed by atoms with van der Waals surface area (Å²) >= 11 is 1.58. The minimum atomic E-state index is -0.296. The minimum Gasteiger partial charge on any atom is -0.462 e. The van der Waals surface area contributed by atoms with E-state index in [9.17, 15) is 9.59 Å². The average molecular weight is 349 g/mol. The van der Waals surface area contributed by atoms with E-state index in [1.54, 1.807) is 11.3 Å². The van der Waals surface area contributed by atoms with Gasteiger partial charge in [0.2, 0.25) is 5.91 Å². The Labute approximate surface area is 148 Å². The van der Waals surface area contributed by atoms with Gasteiger partial charge in [0.05, 0.1) is 12.2 Å². The smallest absolute Gasteiger partial charge is 0.341 e. The first kappa shape index (κ1) is 17.5. The topological polar surface area (TPSA) is 55.4 Å². The van der Waals surface area contributed by atoms with Crippen molar-refractivity contribution in [2.45, 2.75) is 59.8 Å². The van der Waals surface area contributed by atoms with Crippen molar-refractivity contribution in [1.29, 1.82) is 0 Å². The summed E-state index contributed by atoms with van der Waals surface area (Å²) in [7, 11) is 0. The van der Waals surface area contributed by atoms with Gasteiger partial charge in [-0.2, -0.15) is 0 Å². The molecule has 0 saturated heterocycles. The highest BCUT2D eigenvalue weighted by atomic mass is 32.1. The summed E-state index contributed by atoms with van der Waals surface area (Å²) < 4.78 is 5.26. The van der Waals surface area contributed by atoms with E-state index in [0.29, 0.717) is 23.1 Å². The summed E-state index contributed by atoms with van der Waals surface area (Å²) in [5.41, 5.74) is 1.96. The molecule has 0 radical (unpaired) electrons. The first-order valence-corrected chi connectivity index (χ1v) is 9.75. The molecule has 2 aliphatic carbocycles. The molecule has 2 aliphatic rings. The first-order valence-electron chi connectivity index (χ1n) is 8.93. The summed E-state index contributed by atoms with van der Waals surface area (Å²) in [4.78, 5) is 25.9. The standard InChI is InChI=1S/C19H27NO3S/c1-5-23-18(22)15-13-9-8-12(19(2,3)4)10-14(13)24-17(15)20-16(21)11-6-7-11/h11-12H,5-10H2,1-4H3,(H,20,21)/t12-/m1/s1. The number of carbonyl (C=O) groups is 2. The van der Waals surface area contributed by atoms with Crippen LogP contribution in [0.4, 0.5) is 5.00 Å². The third-order valence-electron chi connectivity index (χ3n) is 5.15. The second kappa shape index (κ2) is 6.51. The van der Waals surface area contributed by atoms with E-state index in [4.69, 9.17) is 4.74 Å². The van der Waals surface area contributed by atoms with E-state index in [1.165, 1.54) is 4.88 Å². The maximum Gasteiger partial charge on any atom is 0.341 e. The fraction of sp³-hybridized carbons (Fsp3) is 0.684. The van der Waals surface area contributed by atoms with Gasteiger partial charge in [-0.05, 0) is 55.9 Å². The molecule has 1 amide bonds.